The molecule has 0 radical (unpaired) electrons. The van der Waals surface area contributed by atoms with Crippen LogP contribution in [0.3, 0.4) is 0 Å². The molecule has 2 heterocycles. The summed E-state index contributed by atoms with van der Waals surface area (Å²) in [5.41, 5.74) is 3.65. The Kier molecular flexibility index (Phi) is 6.93. The van der Waals surface area contributed by atoms with Crippen LogP contribution in [0.1, 0.15) is 37.5 Å². The molecule has 0 unspecified atom stereocenters. The van der Waals surface area contributed by atoms with E-state index in [1.165, 1.54) is 16.7 Å². The predicted molar refractivity (Wildman–Crippen MR) is 126 cm³/mol. The number of ether oxygens (including phenoxy) is 3. The highest BCUT2D eigenvalue weighted by Gasteiger charge is 2.23. The van der Waals surface area contributed by atoms with Crippen molar-refractivity contribution in [3.8, 4) is 17.2 Å². The number of nitrogens with zero attached hydrogens (tertiary/aromatic N) is 2. The molecule has 2 aliphatic rings. The first-order chi connectivity index (χ1) is 15.3. The minimum atomic E-state index is -0.510. The summed E-state index contributed by atoms with van der Waals surface area (Å²) in [6, 6.07) is 12.4. The second kappa shape index (κ2) is 9.69. The normalized spacial score (nSPS) is 18.0. The van der Waals surface area contributed by atoms with E-state index in [1.54, 1.807) is 0 Å². The van der Waals surface area contributed by atoms with Crippen LogP contribution in [0.2, 0.25) is 0 Å². The van der Waals surface area contributed by atoms with Gasteiger partial charge in [-0.3, -0.25) is 9.80 Å². The van der Waals surface area contributed by atoms with E-state index >= 15 is 0 Å². The van der Waals surface area contributed by atoms with Crippen LogP contribution in [0.5, 0.6) is 17.2 Å². The van der Waals surface area contributed by atoms with Crippen molar-refractivity contribution in [2.24, 2.45) is 0 Å². The van der Waals surface area contributed by atoms with Gasteiger partial charge < -0.3 is 19.3 Å². The Morgan fingerprint density at radius 2 is 1.69 bits per heavy atom. The smallest absolute Gasteiger partial charge is 0.231 e. The van der Waals surface area contributed by atoms with Gasteiger partial charge in [0.2, 0.25) is 6.79 Å². The van der Waals surface area contributed by atoms with Gasteiger partial charge in [-0.2, -0.15) is 0 Å². The number of benzene rings is 2. The van der Waals surface area contributed by atoms with Gasteiger partial charge in [0.05, 0.1) is 0 Å². The molecule has 174 valence electrons. The fourth-order valence-corrected chi connectivity index (χ4v) is 4.32. The first-order valence-electron chi connectivity index (χ1n) is 11.5. The van der Waals surface area contributed by atoms with Gasteiger partial charge in [-0.25, -0.2) is 0 Å². The number of hydrogen-bond acceptors (Lipinski definition) is 6. The van der Waals surface area contributed by atoms with Crippen molar-refractivity contribution in [1.82, 2.24) is 9.80 Å². The number of piperazine rings is 1. The van der Waals surface area contributed by atoms with Crippen LogP contribution >= 0.6 is 0 Å². The summed E-state index contributed by atoms with van der Waals surface area (Å²) >= 11 is 0. The van der Waals surface area contributed by atoms with Crippen molar-refractivity contribution < 1.29 is 19.3 Å². The second-order valence-corrected chi connectivity index (χ2v) is 9.98. The van der Waals surface area contributed by atoms with E-state index in [0.29, 0.717) is 19.9 Å². The number of aliphatic hydroxyl groups excluding tert-OH is 1. The van der Waals surface area contributed by atoms with Crippen LogP contribution in [-0.4, -0.2) is 67.1 Å². The Labute approximate surface area is 191 Å². The van der Waals surface area contributed by atoms with Crippen LogP contribution in [0.15, 0.2) is 36.4 Å². The standard InChI is InChI=1S/C26H36N2O4/c1-19-5-7-23(22(13-19)26(2,3)4)30-17-21(29)16-28-11-9-27(10-12-28)15-20-6-8-24-25(14-20)32-18-31-24/h5-8,13-14,21,29H,9-12,15-18H2,1-4H3/t21-/m1/s1. The lowest BCUT2D eigenvalue weighted by Gasteiger charge is -2.35. The third-order valence-corrected chi connectivity index (χ3v) is 6.15. The van der Waals surface area contributed by atoms with Gasteiger partial charge in [0, 0.05) is 39.3 Å². The van der Waals surface area contributed by atoms with E-state index in [1.807, 2.05) is 12.1 Å². The fraction of sp³-hybridized carbons (Fsp3) is 0.538. The first-order valence-corrected chi connectivity index (χ1v) is 11.5. The van der Waals surface area contributed by atoms with Gasteiger partial charge in [-0.15, -0.1) is 0 Å². The average Bonchev–Trinajstić information content (AvgIpc) is 3.21. The van der Waals surface area contributed by atoms with Crippen LogP contribution in [0.25, 0.3) is 0 Å². The van der Waals surface area contributed by atoms with Crippen molar-refractivity contribution in [3.05, 3.63) is 53.1 Å². The number of rotatable bonds is 7. The molecule has 1 fully saturated rings. The maximum absolute atomic E-state index is 10.6. The molecule has 6 heteroatoms. The summed E-state index contributed by atoms with van der Waals surface area (Å²) in [6.45, 7) is 14.7. The number of β-amino-alcohol motifs (C(OH)–C–C–N with tert-alkyl or cyclic N) is 1. The quantitative estimate of drug-likeness (QED) is 0.710. The summed E-state index contributed by atoms with van der Waals surface area (Å²) in [7, 11) is 0. The Hall–Kier alpha value is -2.28. The maximum atomic E-state index is 10.6. The molecule has 4 rings (SSSR count). The van der Waals surface area contributed by atoms with Gasteiger partial charge in [0.15, 0.2) is 11.5 Å². The SMILES string of the molecule is Cc1ccc(OC[C@H](O)CN2CCN(Cc3ccc4c(c3)OCO4)CC2)c(C(C)(C)C)c1. The fourth-order valence-electron chi connectivity index (χ4n) is 4.32. The van der Waals surface area contributed by atoms with E-state index in [-0.39, 0.29) is 5.41 Å². The summed E-state index contributed by atoms with van der Waals surface area (Å²) in [4.78, 5) is 4.77. The van der Waals surface area contributed by atoms with E-state index in [9.17, 15) is 5.11 Å². The predicted octanol–water partition coefficient (Wildman–Crippen LogP) is 3.58. The maximum Gasteiger partial charge on any atom is 0.231 e. The zero-order chi connectivity index (χ0) is 22.7. The second-order valence-electron chi connectivity index (χ2n) is 9.98. The summed E-state index contributed by atoms with van der Waals surface area (Å²) in [6.07, 6.45) is -0.510. The molecule has 0 aromatic heterocycles. The molecule has 1 atom stereocenters. The van der Waals surface area contributed by atoms with Crippen LogP contribution in [-0.2, 0) is 12.0 Å². The summed E-state index contributed by atoms with van der Waals surface area (Å²) in [5.74, 6) is 2.54. The zero-order valence-corrected chi connectivity index (χ0v) is 19.8. The molecule has 2 aromatic rings. The molecule has 32 heavy (non-hydrogen) atoms. The van der Waals surface area contributed by atoms with Crippen LogP contribution < -0.4 is 14.2 Å². The molecular formula is C26H36N2O4. The number of aliphatic hydroxyl groups is 1. The molecule has 0 saturated carbocycles. The van der Waals surface area contributed by atoms with Gasteiger partial charge >= 0.3 is 0 Å². The molecule has 0 spiro atoms. The molecule has 0 aliphatic carbocycles. The van der Waals surface area contributed by atoms with Crippen molar-refractivity contribution in [2.75, 3.05) is 46.1 Å². The lowest BCUT2D eigenvalue weighted by molar-refractivity contribution is 0.0442. The highest BCUT2D eigenvalue weighted by molar-refractivity contribution is 5.44. The number of hydrogen-bond donors (Lipinski definition) is 1. The highest BCUT2D eigenvalue weighted by Crippen LogP contribution is 2.33. The molecule has 2 aliphatic heterocycles. The minimum absolute atomic E-state index is 0.000609. The Balaban J connectivity index is 1.22. The molecule has 0 amide bonds. The average molecular weight is 441 g/mol. The zero-order valence-electron chi connectivity index (χ0n) is 19.8. The van der Waals surface area contributed by atoms with Crippen LogP contribution in [0, 0.1) is 6.92 Å². The van der Waals surface area contributed by atoms with Crippen molar-refractivity contribution in [2.45, 2.75) is 45.8 Å². The Bertz CT molecular complexity index is 917. The van der Waals surface area contributed by atoms with Gasteiger partial charge in [0.1, 0.15) is 18.5 Å². The summed E-state index contributed by atoms with van der Waals surface area (Å²) < 4.78 is 16.9. The Morgan fingerprint density at radius 1 is 0.969 bits per heavy atom. The molecule has 1 N–H and O–H groups in total. The molecule has 2 aromatic carbocycles. The molecular weight excluding hydrogens is 404 g/mol. The minimum Gasteiger partial charge on any atom is -0.491 e. The van der Waals surface area contributed by atoms with Gasteiger partial charge in [-0.1, -0.05) is 44.5 Å². The monoisotopic (exact) mass is 440 g/mol. The number of aryl methyl sites for hydroxylation is 1. The van der Waals surface area contributed by atoms with E-state index in [0.717, 1.165) is 50.0 Å². The highest BCUT2D eigenvalue weighted by atomic mass is 16.7. The van der Waals surface area contributed by atoms with E-state index < -0.39 is 6.10 Å². The first kappa shape index (κ1) is 22.9. The van der Waals surface area contributed by atoms with Crippen molar-refractivity contribution >= 4 is 0 Å². The van der Waals surface area contributed by atoms with Gasteiger partial charge in [-0.05, 0) is 41.7 Å². The lowest BCUT2D eigenvalue weighted by atomic mass is 9.85. The molecule has 6 nitrogen and oxygen atoms in total. The third kappa shape index (κ3) is 5.74. The Morgan fingerprint density at radius 3 is 2.44 bits per heavy atom. The summed E-state index contributed by atoms with van der Waals surface area (Å²) in [5, 5.41) is 10.6. The number of fused-ring (bicyclic) bond motifs is 1. The largest absolute Gasteiger partial charge is 0.491 e. The van der Waals surface area contributed by atoms with Gasteiger partial charge in [0.25, 0.3) is 0 Å². The topological polar surface area (TPSA) is 54.4 Å². The lowest BCUT2D eigenvalue weighted by Crippen LogP contribution is -2.48. The molecule has 0 bridgehead atoms. The van der Waals surface area contributed by atoms with Crippen LogP contribution in [0.4, 0.5) is 0 Å². The van der Waals surface area contributed by atoms with Crippen molar-refractivity contribution in [3.63, 3.8) is 0 Å². The van der Waals surface area contributed by atoms with E-state index in [2.05, 4.69) is 61.8 Å². The third-order valence-electron chi connectivity index (χ3n) is 6.15. The molecule has 1 saturated heterocycles. The van der Waals surface area contributed by atoms with E-state index in [4.69, 9.17) is 14.2 Å². The van der Waals surface area contributed by atoms with Crippen molar-refractivity contribution in [1.29, 1.82) is 0 Å².